The maximum atomic E-state index is 13.6. The minimum atomic E-state index is -1.37. The second-order valence-electron chi connectivity index (χ2n) is 4.85. The van der Waals surface area contributed by atoms with E-state index in [2.05, 4.69) is 6.92 Å². The average Bonchev–Trinajstić information content (AvgIpc) is 2.38. The van der Waals surface area contributed by atoms with Crippen LogP contribution in [0.1, 0.15) is 56.3 Å². The summed E-state index contributed by atoms with van der Waals surface area (Å²) < 4.78 is 32.5. The number of rotatable bonds is 8. The quantitative estimate of drug-likeness (QED) is 0.720. The smallest absolute Gasteiger partial charge is 0.335 e. The molecule has 5 heteroatoms. The molecule has 0 spiro atoms. The van der Waals surface area contributed by atoms with Crippen molar-refractivity contribution in [3.8, 4) is 5.75 Å². The van der Waals surface area contributed by atoms with Gasteiger partial charge in [0.15, 0.2) is 17.4 Å². The van der Waals surface area contributed by atoms with E-state index in [1.54, 1.807) is 6.92 Å². The van der Waals surface area contributed by atoms with Gasteiger partial charge in [-0.1, -0.05) is 26.2 Å². The number of carboxylic acids is 1. The van der Waals surface area contributed by atoms with Crippen molar-refractivity contribution in [2.24, 2.45) is 0 Å². The van der Waals surface area contributed by atoms with E-state index in [9.17, 15) is 13.6 Å². The van der Waals surface area contributed by atoms with E-state index >= 15 is 0 Å². The van der Waals surface area contributed by atoms with E-state index in [0.29, 0.717) is 6.42 Å². The standard InChI is InChI=1S/C15H20F2O3/c1-3-4-5-6-7-10(2)20-14-12(16)8-11(15(18)19)9-13(14)17/h8-10H,3-7H2,1-2H3,(H,18,19). The summed E-state index contributed by atoms with van der Waals surface area (Å²) in [5.41, 5.74) is -0.428. The van der Waals surface area contributed by atoms with Gasteiger partial charge in [-0.05, 0) is 31.9 Å². The Balaban J connectivity index is 2.65. The number of aromatic carboxylic acids is 1. The van der Waals surface area contributed by atoms with Crippen molar-refractivity contribution in [2.75, 3.05) is 0 Å². The van der Waals surface area contributed by atoms with Crippen LogP contribution in [0, 0.1) is 11.6 Å². The third-order valence-electron chi connectivity index (χ3n) is 3.03. The Morgan fingerprint density at radius 2 is 1.85 bits per heavy atom. The lowest BCUT2D eigenvalue weighted by Gasteiger charge is -2.16. The summed E-state index contributed by atoms with van der Waals surface area (Å²) in [6, 6.07) is 1.54. The SMILES string of the molecule is CCCCCCC(C)Oc1c(F)cc(C(=O)O)cc1F. The van der Waals surface area contributed by atoms with E-state index in [1.807, 2.05) is 0 Å². The van der Waals surface area contributed by atoms with Crippen LogP contribution in [0.3, 0.4) is 0 Å². The highest BCUT2D eigenvalue weighted by atomic mass is 19.1. The molecule has 0 amide bonds. The molecule has 1 aromatic rings. The molecule has 0 aliphatic rings. The highest BCUT2D eigenvalue weighted by Gasteiger charge is 2.17. The third-order valence-corrected chi connectivity index (χ3v) is 3.03. The largest absolute Gasteiger partial charge is 0.485 e. The summed E-state index contributed by atoms with van der Waals surface area (Å²) in [5, 5.41) is 8.70. The fraction of sp³-hybridized carbons (Fsp3) is 0.533. The zero-order chi connectivity index (χ0) is 15.1. The Morgan fingerprint density at radius 3 is 2.35 bits per heavy atom. The Morgan fingerprint density at radius 1 is 1.25 bits per heavy atom. The lowest BCUT2D eigenvalue weighted by Crippen LogP contribution is -2.14. The zero-order valence-corrected chi connectivity index (χ0v) is 11.8. The van der Waals surface area contributed by atoms with Gasteiger partial charge < -0.3 is 9.84 Å². The van der Waals surface area contributed by atoms with Crippen molar-refractivity contribution in [1.82, 2.24) is 0 Å². The van der Waals surface area contributed by atoms with Crippen LogP contribution in [-0.2, 0) is 0 Å². The summed E-state index contributed by atoms with van der Waals surface area (Å²) >= 11 is 0. The summed E-state index contributed by atoms with van der Waals surface area (Å²) in [6.45, 7) is 3.85. The van der Waals surface area contributed by atoms with E-state index in [1.165, 1.54) is 0 Å². The molecule has 1 aromatic carbocycles. The number of benzene rings is 1. The number of unbranched alkanes of at least 4 members (excludes halogenated alkanes) is 3. The summed E-state index contributed by atoms with van der Waals surface area (Å²) in [6.07, 6.45) is 4.64. The van der Waals surface area contributed by atoms with Crippen LogP contribution in [-0.4, -0.2) is 17.2 Å². The number of halogens is 2. The fourth-order valence-corrected chi connectivity index (χ4v) is 1.91. The minimum Gasteiger partial charge on any atom is -0.485 e. The molecule has 0 radical (unpaired) electrons. The second kappa shape index (κ2) is 7.82. The molecule has 0 aliphatic carbocycles. The third kappa shape index (κ3) is 4.79. The first-order valence-electron chi connectivity index (χ1n) is 6.84. The van der Waals surface area contributed by atoms with Crippen molar-refractivity contribution in [3.05, 3.63) is 29.3 Å². The topological polar surface area (TPSA) is 46.5 Å². The van der Waals surface area contributed by atoms with Gasteiger partial charge in [-0.2, -0.15) is 0 Å². The lowest BCUT2D eigenvalue weighted by molar-refractivity contribution is 0.0695. The van der Waals surface area contributed by atoms with Gasteiger partial charge in [0.1, 0.15) is 0 Å². The molecule has 1 rings (SSSR count). The first-order valence-corrected chi connectivity index (χ1v) is 6.84. The molecule has 1 N–H and O–H groups in total. The van der Waals surface area contributed by atoms with Gasteiger partial charge in [-0.25, -0.2) is 13.6 Å². The fourth-order valence-electron chi connectivity index (χ4n) is 1.91. The lowest BCUT2D eigenvalue weighted by atomic mass is 10.1. The molecular weight excluding hydrogens is 266 g/mol. The summed E-state index contributed by atoms with van der Waals surface area (Å²) in [7, 11) is 0. The van der Waals surface area contributed by atoms with Gasteiger partial charge >= 0.3 is 5.97 Å². The molecule has 0 aromatic heterocycles. The van der Waals surface area contributed by atoms with Crippen LogP contribution in [0.2, 0.25) is 0 Å². The molecular formula is C15H20F2O3. The van der Waals surface area contributed by atoms with Crippen LogP contribution in [0.15, 0.2) is 12.1 Å². The molecule has 0 bridgehead atoms. The van der Waals surface area contributed by atoms with Crippen LogP contribution in [0.25, 0.3) is 0 Å². The Labute approximate surface area is 117 Å². The van der Waals surface area contributed by atoms with Gasteiger partial charge in [0.2, 0.25) is 0 Å². The van der Waals surface area contributed by atoms with E-state index in [0.717, 1.165) is 37.8 Å². The Bertz CT molecular complexity index is 437. The van der Waals surface area contributed by atoms with Crippen molar-refractivity contribution in [2.45, 2.75) is 52.1 Å². The Kier molecular flexibility index (Phi) is 6.42. The number of ether oxygens (including phenoxy) is 1. The molecule has 20 heavy (non-hydrogen) atoms. The maximum Gasteiger partial charge on any atom is 0.335 e. The van der Waals surface area contributed by atoms with Crippen molar-refractivity contribution in [1.29, 1.82) is 0 Å². The Hall–Kier alpha value is -1.65. The predicted octanol–water partition coefficient (Wildman–Crippen LogP) is 4.40. The normalized spacial score (nSPS) is 12.2. The number of carboxylic acid groups (broad SMARTS) is 1. The van der Waals surface area contributed by atoms with Gasteiger partial charge in [0, 0.05) is 0 Å². The van der Waals surface area contributed by atoms with Gasteiger partial charge in [0.25, 0.3) is 0 Å². The molecule has 0 aliphatic heterocycles. The molecule has 112 valence electrons. The van der Waals surface area contributed by atoms with Crippen molar-refractivity contribution in [3.63, 3.8) is 0 Å². The molecule has 1 atom stereocenters. The highest BCUT2D eigenvalue weighted by molar-refractivity contribution is 5.87. The van der Waals surface area contributed by atoms with Crippen LogP contribution in [0.4, 0.5) is 8.78 Å². The molecule has 0 saturated carbocycles. The number of hydrogen-bond acceptors (Lipinski definition) is 2. The second-order valence-corrected chi connectivity index (χ2v) is 4.85. The van der Waals surface area contributed by atoms with Crippen molar-refractivity contribution >= 4 is 5.97 Å². The number of hydrogen-bond donors (Lipinski definition) is 1. The average molecular weight is 286 g/mol. The van der Waals surface area contributed by atoms with Crippen LogP contribution >= 0.6 is 0 Å². The predicted molar refractivity (Wildman–Crippen MR) is 72.2 cm³/mol. The van der Waals surface area contributed by atoms with Crippen molar-refractivity contribution < 1.29 is 23.4 Å². The maximum absolute atomic E-state index is 13.6. The first-order chi connectivity index (χ1) is 9.45. The summed E-state index contributed by atoms with van der Waals surface area (Å²) in [5.74, 6) is -3.84. The monoisotopic (exact) mass is 286 g/mol. The zero-order valence-electron chi connectivity index (χ0n) is 11.8. The number of carbonyl (C=O) groups is 1. The molecule has 3 nitrogen and oxygen atoms in total. The van der Waals surface area contributed by atoms with Crippen LogP contribution < -0.4 is 4.74 Å². The molecule has 0 fully saturated rings. The van der Waals surface area contributed by atoms with Gasteiger partial charge in [-0.3, -0.25) is 0 Å². The first kappa shape index (κ1) is 16.4. The highest BCUT2D eigenvalue weighted by Crippen LogP contribution is 2.25. The summed E-state index contributed by atoms with van der Waals surface area (Å²) in [4.78, 5) is 10.7. The minimum absolute atomic E-state index is 0.313. The van der Waals surface area contributed by atoms with E-state index in [-0.39, 0.29) is 6.10 Å². The molecule has 0 heterocycles. The molecule has 1 unspecified atom stereocenters. The van der Waals surface area contributed by atoms with E-state index < -0.39 is 28.9 Å². The van der Waals surface area contributed by atoms with Gasteiger partial charge in [0.05, 0.1) is 11.7 Å². The van der Waals surface area contributed by atoms with Gasteiger partial charge in [-0.15, -0.1) is 0 Å². The van der Waals surface area contributed by atoms with Crippen LogP contribution in [0.5, 0.6) is 5.75 Å². The molecule has 0 saturated heterocycles. The van der Waals surface area contributed by atoms with E-state index in [4.69, 9.17) is 9.84 Å².